The highest BCUT2D eigenvalue weighted by Gasteiger charge is 1.80. The molecule has 0 amide bonds. The summed E-state index contributed by atoms with van der Waals surface area (Å²) in [5.41, 5.74) is 9.69. The Morgan fingerprint density at radius 3 is 1.67 bits per heavy atom. The van der Waals surface area contributed by atoms with Crippen LogP contribution in [0.15, 0.2) is 11.6 Å². The van der Waals surface area contributed by atoms with Gasteiger partial charge in [0.05, 0.1) is 0 Å². The van der Waals surface area contributed by atoms with Crippen molar-refractivity contribution >= 4 is 0 Å². The fourth-order valence-electron chi connectivity index (χ4n) is 0. The normalized spacial score (nSPS) is 7.50. The van der Waals surface area contributed by atoms with E-state index in [2.05, 4.69) is 0 Å². The lowest BCUT2D eigenvalue weighted by atomic mass is 10.6. The van der Waals surface area contributed by atoms with Crippen LogP contribution in [-0.4, -0.2) is 5.11 Å². The molecule has 0 aliphatic heterocycles. The van der Waals surface area contributed by atoms with Crippen molar-refractivity contribution in [3.63, 3.8) is 0 Å². The molecular formula is C3H8N2O. The first kappa shape index (κ1) is 5.14. The van der Waals surface area contributed by atoms with Crippen LogP contribution in [0.3, 0.4) is 0 Å². The molecule has 0 unspecified atom stereocenters. The molecule has 0 fully saturated rings. The lowest BCUT2D eigenvalue weighted by molar-refractivity contribution is 0.405. The number of rotatable bonds is 0. The number of nitrogens with two attached hydrogens (primary N) is 2. The molecule has 3 nitrogen and oxygen atoms in total. The molecule has 0 bridgehead atoms. The van der Waals surface area contributed by atoms with Crippen LogP contribution in [0.25, 0.3) is 0 Å². The molecule has 0 aromatic heterocycles. The van der Waals surface area contributed by atoms with Crippen LogP contribution in [0.4, 0.5) is 0 Å². The molecule has 0 heterocycles. The monoisotopic (exact) mass is 88.1 g/mol. The lowest BCUT2D eigenvalue weighted by Gasteiger charge is -1.88. The van der Waals surface area contributed by atoms with Gasteiger partial charge < -0.3 is 16.6 Å². The van der Waals surface area contributed by atoms with Gasteiger partial charge in [-0.15, -0.1) is 0 Å². The van der Waals surface area contributed by atoms with Crippen LogP contribution in [0.2, 0.25) is 0 Å². The number of hydrogen-bond acceptors (Lipinski definition) is 3. The SMILES string of the molecule is CC(O)=C(N)N. The van der Waals surface area contributed by atoms with Crippen molar-refractivity contribution in [1.82, 2.24) is 0 Å². The second kappa shape index (κ2) is 1.55. The molecule has 0 radical (unpaired) electrons. The maximum Gasteiger partial charge on any atom is 0.132 e. The zero-order valence-corrected chi connectivity index (χ0v) is 3.60. The molecule has 0 saturated heterocycles. The quantitative estimate of drug-likeness (QED) is 0.354. The van der Waals surface area contributed by atoms with E-state index in [0.29, 0.717) is 0 Å². The van der Waals surface area contributed by atoms with Crippen molar-refractivity contribution in [1.29, 1.82) is 0 Å². The average Bonchev–Trinajstić information content (AvgIpc) is 1.36. The average molecular weight is 88.1 g/mol. The summed E-state index contributed by atoms with van der Waals surface area (Å²) in [5, 5.41) is 8.26. The minimum absolute atomic E-state index is 0.0185. The van der Waals surface area contributed by atoms with E-state index >= 15 is 0 Å². The molecule has 0 spiro atoms. The Bertz CT molecular complexity index is 58.9. The van der Waals surface area contributed by atoms with E-state index in [1.807, 2.05) is 0 Å². The van der Waals surface area contributed by atoms with E-state index in [-0.39, 0.29) is 11.6 Å². The first-order chi connectivity index (χ1) is 2.64. The van der Waals surface area contributed by atoms with Gasteiger partial charge in [0, 0.05) is 0 Å². The van der Waals surface area contributed by atoms with Crippen LogP contribution < -0.4 is 11.5 Å². The van der Waals surface area contributed by atoms with Crippen molar-refractivity contribution in [2.75, 3.05) is 0 Å². The molecule has 0 aliphatic rings. The van der Waals surface area contributed by atoms with Gasteiger partial charge in [-0.25, -0.2) is 0 Å². The fourth-order valence-corrected chi connectivity index (χ4v) is 0. The Kier molecular flexibility index (Phi) is 1.32. The van der Waals surface area contributed by atoms with Crippen LogP contribution in [0, 0.1) is 0 Å². The maximum atomic E-state index is 8.26. The highest BCUT2D eigenvalue weighted by atomic mass is 16.3. The summed E-state index contributed by atoms with van der Waals surface area (Å²) in [7, 11) is 0. The molecule has 0 atom stereocenters. The smallest absolute Gasteiger partial charge is 0.132 e. The van der Waals surface area contributed by atoms with E-state index in [1.54, 1.807) is 0 Å². The third-order valence-corrected chi connectivity index (χ3v) is 0.418. The zero-order chi connectivity index (χ0) is 5.15. The second-order valence-electron chi connectivity index (χ2n) is 1.04. The van der Waals surface area contributed by atoms with Gasteiger partial charge in [0.1, 0.15) is 11.6 Å². The minimum Gasteiger partial charge on any atom is -0.509 e. The number of aliphatic hydroxyl groups excluding tert-OH is 1. The lowest BCUT2D eigenvalue weighted by Crippen LogP contribution is -2.10. The maximum absolute atomic E-state index is 8.26. The van der Waals surface area contributed by atoms with E-state index in [4.69, 9.17) is 16.6 Å². The summed E-state index contributed by atoms with van der Waals surface area (Å²) in [6.07, 6.45) is 0. The molecular weight excluding hydrogens is 80.0 g/mol. The molecule has 3 heteroatoms. The van der Waals surface area contributed by atoms with Crippen molar-refractivity contribution in [2.45, 2.75) is 6.92 Å². The summed E-state index contributed by atoms with van der Waals surface area (Å²) in [6, 6.07) is 0. The summed E-state index contributed by atoms with van der Waals surface area (Å²) < 4.78 is 0. The number of aliphatic hydroxyl groups is 1. The summed E-state index contributed by atoms with van der Waals surface area (Å²) in [5.74, 6) is -0.0370. The molecule has 5 N–H and O–H groups in total. The van der Waals surface area contributed by atoms with E-state index in [0.717, 1.165) is 0 Å². The molecule has 0 aromatic carbocycles. The molecule has 0 rings (SSSR count). The molecule has 0 aliphatic carbocycles. The van der Waals surface area contributed by atoms with Gasteiger partial charge in [0.15, 0.2) is 0 Å². The largest absolute Gasteiger partial charge is 0.509 e. The Morgan fingerprint density at radius 2 is 1.67 bits per heavy atom. The van der Waals surface area contributed by atoms with Crippen molar-refractivity contribution in [3.05, 3.63) is 11.6 Å². The standard InChI is InChI=1S/C3H8N2O/c1-2(6)3(4)5/h6H,4-5H2,1H3. The van der Waals surface area contributed by atoms with E-state index in [1.165, 1.54) is 6.92 Å². The summed E-state index contributed by atoms with van der Waals surface area (Å²) in [4.78, 5) is 0. The second-order valence-corrected chi connectivity index (χ2v) is 1.04. The predicted octanol–water partition coefficient (Wildman–Crippen LogP) is -0.349. The van der Waals surface area contributed by atoms with E-state index < -0.39 is 0 Å². The predicted molar refractivity (Wildman–Crippen MR) is 23.7 cm³/mol. The van der Waals surface area contributed by atoms with Gasteiger partial charge in [-0.2, -0.15) is 0 Å². The fraction of sp³-hybridized carbons (Fsp3) is 0.333. The molecule has 6 heavy (non-hydrogen) atoms. The molecule has 36 valence electrons. The van der Waals surface area contributed by atoms with Gasteiger partial charge in [0.2, 0.25) is 0 Å². The Labute approximate surface area is 36.3 Å². The van der Waals surface area contributed by atoms with Gasteiger partial charge in [-0.05, 0) is 6.92 Å². The topological polar surface area (TPSA) is 72.3 Å². The molecule has 0 saturated carbocycles. The van der Waals surface area contributed by atoms with Crippen LogP contribution >= 0.6 is 0 Å². The Hall–Kier alpha value is -0.860. The van der Waals surface area contributed by atoms with E-state index in [9.17, 15) is 0 Å². The van der Waals surface area contributed by atoms with Gasteiger partial charge in [-0.1, -0.05) is 0 Å². The van der Waals surface area contributed by atoms with Crippen molar-refractivity contribution < 1.29 is 5.11 Å². The third-order valence-electron chi connectivity index (χ3n) is 0.418. The van der Waals surface area contributed by atoms with Gasteiger partial charge >= 0.3 is 0 Å². The summed E-state index contributed by atoms with van der Waals surface area (Å²) >= 11 is 0. The minimum atomic E-state index is -0.0185. The van der Waals surface area contributed by atoms with Crippen LogP contribution in [-0.2, 0) is 0 Å². The van der Waals surface area contributed by atoms with Crippen LogP contribution in [0.5, 0.6) is 0 Å². The van der Waals surface area contributed by atoms with Crippen LogP contribution in [0.1, 0.15) is 6.92 Å². The summed E-state index contributed by atoms with van der Waals surface area (Å²) in [6.45, 7) is 1.43. The Balaban J connectivity index is 3.68. The zero-order valence-electron chi connectivity index (χ0n) is 3.60. The molecule has 0 aromatic rings. The third kappa shape index (κ3) is 1.46. The van der Waals surface area contributed by atoms with Gasteiger partial charge in [0.25, 0.3) is 0 Å². The number of allylic oxidation sites excluding steroid dienone is 1. The van der Waals surface area contributed by atoms with Crippen molar-refractivity contribution in [3.8, 4) is 0 Å². The first-order valence-electron chi connectivity index (χ1n) is 1.55. The Morgan fingerprint density at radius 1 is 1.50 bits per heavy atom. The highest BCUT2D eigenvalue weighted by Crippen LogP contribution is 1.79. The highest BCUT2D eigenvalue weighted by molar-refractivity contribution is 4.93. The first-order valence-corrected chi connectivity index (χ1v) is 1.55. The number of hydrogen-bond donors (Lipinski definition) is 3. The van der Waals surface area contributed by atoms with Crippen molar-refractivity contribution in [2.24, 2.45) is 11.5 Å². The van der Waals surface area contributed by atoms with Gasteiger partial charge in [-0.3, -0.25) is 0 Å².